The molecule has 1 atom stereocenters. The fourth-order valence-corrected chi connectivity index (χ4v) is 3.16. The minimum absolute atomic E-state index is 0.0538. The van der Waals surface area contributed by atoms with Crippen LogP contribution in [0.25, 0.3) is 0 Å². The van der Waals surface area contributed by atoms with E-state index in [-0.39, 0.29) is 11.9 Å². The molecular formula is C13H13ClN2OS. The molecular weight excluding hydrogens is 268 g/mol. The van der Waals surface area contributed by atoms with Crippen molar-refractivity contribution in [3.63, 3.8) is 0 Å². The molecule has 2 saturated heterocycles. The molecule has 3 nitrogen and oxygen atoms in total. The second kappa shape index (κ2) is 4.52. The molecule has 3 rings (SSSR count). The molecule has 0 N–H and O–H groups in total. The molecule has 0 saturated carbocycles. The maximum Gasteiger partial charge on any atom is 0.256 e. The van der Waals surface area contributed by atoms with Gasteiger partial charge >= 0.3 is 0 Å². The van der Waals surface area contributed by atoms with Crippen molar-refractivity contribution in [1.29, 1.82) is 0 Å². The van der Waals surface area contributed by atoms with E-state index in [1.54, 1.807) is 17.0 Å². The van der Waals surface area contributed by atoms with E-state index in [1.807, 2.05) is 12.1 Å². The Morgan fingerprint density at radius 3 is 2.61 bits per heavy atom. The van der Waals surface area contributed by atoms with Crippen molar-refractivity contribution in [3.05, 3.63) is 29.3 Å². The van der Waals surface area contributed by atoms with Gasteiger partial charge in [0.1, 0.15) is 6.04 Å². The second-order valence-electron chi connectivity index (χ2n) is 4.64. The summed E-state index contributed by atoms with van der Waals surface area (Å²) < 4.78 is 0. The van der Waals surface area contributed by atoms with Crippen molar-refractivity contribution >= 4 is 40.5 Å². The SMILES string of the molecule is O=C1[C@H]2CCCCN2C(=S)N1c1ccc(Cl)cc1. The topological polar surface area (TPSA) is 23.6 Å². The summed E-state index contributed by atoms with van der Waals surface area (Å²) in [6.45, 7) is 0.888. The molecule has 0 unspecified atom stereocenters. The molecule has 1 amide bonds. The summed E-state index contributed by atoms with van der Waals surface area (Å²) in [5.41, 5.74) is 0.809. The monoisotopic (exact) mass is 280 g/mol. The van der Waals surface area contributed by atoms with Crippen molar-refractivity contribution in [3.8, 4) is 0 Å². The number of carbonyl (C=O) groups is 1. The van der Waals surface area contributed by atoms with E-state index in [1.165, 1.54) is 0 Å². The largest absolute Gasteiger partial charge is 0.336 e. The minimum atomic E-state index is -0.0538. The van der Waals surface area contributed by atoms with Gasteiger partial charge in [0.25, 0.3) is 5.91 Å². The summed E-state index contributed by atoms with van der Waals surface area (Å²) >= 11 is 11.3. The average Bonchev–Trinajstić information content (AvgIpc) is 2.64. The Hall–Kier alpha value is -1.13. The number of rotatable bonds is 1. The highest BCUT2D eigenvalue weighted by Gasteiger charge is 2.43. The first-order valence-electron chi connectivity index (χ1n) is 6.08. The van der Waals surface area contributed by atoms with Gasteiger partial charge in [-0.15, -0.1) is 0 Å². The molecule has 0 aromatic heterocycles. The van der Waals surface area contributed by atoms with Crippen LogP contribution in [0, 0.1) is 0 Å². The lowest BCUT2D eigenvalue weighted by Gasteiger charge is -2.27. The summed E-state index contributed by atoms with van der Waals surface area (Å²) in [6.07, 6.45) is 3.12. The zero-order valence-electron chi connectivity index (χ0n) is 9.80. The zero-order valence-corrected chi connectivity index (χ0v) is 11.4. The summed E-state index contributed by atoms with van der Waals surface area (Å²) in [4.78, 5) is 16.1. The highest BCUT2D eigenvalue weighted by molar-refractivity contribution is 7.80. The highest BCUT2D eigenvalue weighted by atomic mass is 35.5. The van der Waals surface area contributed by atoms with Crippen molar-refractivity contribution in [2.75, 3.05) is 11.4 Å². The summed E-state index contributed by atoms with van der Waals surface area (Å²) in [5.74, 6) is 0.0991. The smallest absolute Gasteiger partial charge is 0.256 e. The van der Waals surface area contributed by atoms with Gasteiger partial charge in [-0.3, -0.25) is 9.69 Å². The van der Waals surface area contributed by atoms with Crippen LogP contribution >= 0.6 is 23.8 Å². The zero-order chi connectivity index (χ0) is 12.7. The summed E-state index contributed by atoms with van der Waals surface area (Å²) in [7, 11) is 0. The molecule has 2 heterocycles. The normalized spacial score (nSPS) is 23.5. The van der Waals surface area contributed by atoms with Crippen molar-refractivity contribution in [2.24, 2.45) is 0 Å². The Balaban J connectivity index is 1.95. The van der Waals surface area contributed by atoms with Crippen LogP contribution in [0.5, 0.6) is 0 Å². The van der Waals surface area contributed by atoms with Crippen LogP contribution in [0.1, 0.15) is 19.3 Å². The molecule has 1 aromatic carbocycles. The number of anilines is 1. The van der Waals surface area contributed by atoms with Crippen molar-refractivity contribution in [2.45, 2.75) is 25.3 Å². The number of benzene rings is 1. The van der Waals surface area contributed by atoms with Gasteiger partial charge in [0.05, 0.1) is 5.69 Å². The van der Waals surface area contributed by atoms with Crippen LogP contribution < -0.4 is 4.90 Å². The first-order chi connectivity index (χ1) is 8.68. The third kappa shape index (κ3) is 1.80. The van der Waals surface area contributed by atoms with Gasteiger partial charge in [0, 0.05) is 11.6 Å². The van der Waals surface area contributed by atoms with Crippen LogP contribution in [0.3, 0.4) is 0 Å². The molecule has 0 radical (unpaired) electrons. The van der Waals surface area contributed by atoms with Gasteiger partial charge in [-0.05, 0) is 55.7 Å². The molecule has 0 spiro atoms. The Morgan fingerprint density at radius 2 is 1.94 bits per heavy atom. The van der Waals surface area contributed by atoms with Gasteiger partial charge < -0.3 is 4.90 Å². The lowest BCUT2D eigenvalue weighted by molar-refractivity contribution is -0.120. The number of hydrogen-bond donors (Lipinski definition) is 0. The number of fused-ring (bicyclic) bond motifs is 1. The van der Waals surface area contributed by atoms with Crippen LogP contribution in [0.15, 0.2) is 24.3 Å². The Bertz CT molecular complexity index is 478. The van der Waals surface area contributed by atoms with Crippen LogP contribution in [-0.4, -0.2) is 28.5 Å². The molecule has 0 aliphatic carbocycles. The first-order valence-corrected chi connectivity index (χ1v) is 6.87. The maximum absolute atomic E-state index is 12.4. The number of amides is 1. The fourth-order valence-electron chi connectivity index (χ4n) is 2.62. The molecule has 0 bridgehead atoms. The van der Waals surface area contributed by atoms with E-state index in [0.29, 0.717) is 10.1 Å². The standard InChI is InChI=1S/C13H13ClN2OS/c14-9-4-6-10(7-5-9)16-12(17)11-3-1-2-8-15(11)13(16)18/h4-7,11H,1-3,8H2/t11-/m1/s1. The van der Waals surface area contributed by atoms with E-state index >= 15 is 0 Å². The van der Waals surface area contributed by atoms with E-state index in [9.17, 15) is 4.79 Å². The number of halogens is 1. The quantitative estimate of drug-likeness (QED) is 0.739. The summed E-state index contributed by atoms with van der Waals surface area (Å²) in [5, 5.41) is 1.29. The van der Waals surface area contributed by atoms with Crippen molar-refractivity contribution in [1.82, 2.24) is 4.90 Å². The van der Waals surface area contributed by atoms with Gasteiger partial charge in [0.15, 0.2) is 5.11 Å². The molecule has 18 heavy (non-hydrogen) atoms. The minimum Gasteiger partial charge on any atom is -0.336 e. The summed E-state index contributed by atoms with van der Waals surface area (Å²) in [6, 6.07) is 7.19. The van der Waals surface area contributed by atoms with E-state index < -0.39 is 0 Å². The first kappa shape index (κ1) is 11.9. The van der Waals surface area contributed by atoms with Gasteiger partial charge in [-0.1, -0.05) is 11.6 Å². The molecule has 5 heteroatoms. The second-order valence-corrected chi connectivity index (χ2v) is 5.44. The lowest BCUT2D eigenvalue weighted by atomic mass is 10.0. The van der Waals surface area contributed by atoms with Gasteiger partial charge in [-0.2, -0.15) is 0 Å². The predicted molar refractivity (Wildman–Crippen MR) is 75.9 cm³/mol. The molecule has 2 aliphatic heterocycles. The lowest BCUT2D eigenvalue weighted by Crippen LogP contribution is -2.38. The number of thiocarbonyl (C=S) groups is 1. The third-order valence-electron chi connectivity index (χ3n) is 3.53. The molecule has 1 aromatic rings. The van der Waals surface area contributed by atoms with Gasteiger partial charge in [0.2, 0.25) is 0 Å². The third-order valence-corrected chi connectivity index (χ3v) is 4.20. The molecule has 2 aliphatic rings. The van der Waals surface area contributed by atoms with E-state index in [2.05, 4.69) is 4.90 Å². The Kier molecular flexibility index (Phi) is 2.99. The van der Waals surface area contributed by atoms with Gasteiger partial charge in [-0.25, -0.2) is 0 Å². The number of carbonyl (C=O) groups excluding carboxylic acids is 1. The number of hydrogen-bond acceptors (Lipinski definition) is 2. The van der Waals surface area contributed by atoms with Crippen LogP contribution in [0.2, 0.25) is 5.02 Å². The molecule has 94 valence electrons. The van der Waals surface area contributed by atoms with E-state index in [0.717, 1.165) is 31.5 Å². The predicted octanol–water partition coefficient (Wildman–Crippen LogP) is 2.83. The highest BCUT2D eigenvalue weighted by Crippen LogP contribution is 2.31. The van der Waals surface area contributed by atoms with Crippen LogP contribution in [-0.2, 0) is 4.79 Å². The maximum atomic E-state index is 12.4. The number of nitrogens with zero attached hydrogens (tertiary/aromatic N) is 2. The van der Waals surface area contributed by atoms with Crippen molar-refractivity contribution < 1.29 is 4.79 Å². The molecule has 2 fully saturated rings. The average molecular weight is 281 g/mol. The Labute approximate surface area is 116 Å². The number of piperidine rings is 1. The fraction of sp³-hybridized carbons (Fsp3) is 0.385. The van der Waals surface area contributed by atoms with Crippen LogP contribution in [0.4, 0.5) is 5.69 Å². The Morgan fingerprint density at radius 1 is 1.22 bits per heavy atom. The van der Waals surface area contributed by atoms with E-state index in [4.69, 9.17) is 23.8 Å².